The van der Waals surface area contributed by atoms with Gasteiger partial charge in [0, 0.05) is 6.54 Å². The number of anilines is 1. The fourth-order valence-electron chi connectivity index (χ4n) is 3.16. The lowest BCUT2D eigenvalue weighted by atomic mass is 9.95. The summed E-state index contributed by atoms with van der Waals surface area (Å²) in [6, 6.07) is 2.84. The average molecular weight is 311 g/mol. The number of halogens is 2. The molecule has 6 heteroatoms. The first-order chi connectivity index (χ1) is 10.0. The Morgan fingerprint density at radius 1 is 1.24 bits per heavy atom. The Kier molecular flexibility index (Phi) is 3.61. The van der Waals surface area contributed by atoms with E-state index in [0.717, 1.165) is 18.9 Å². The van der Waals surface area contributed by atoms with Gasteiger partial charge in [-0.15, -0.1) is 0 Å². The van der Waals surface area contributed by atoms with Gasteiger partial charge in [0.25, 0.3) is 5.91 Å². The van der Waals surface area contributed by atoms with Gasteiger partial charge in [-0.25, -0.2) is 4.39 Å². The third-order valence-electron chi connectivity index (χ3n) is 4.22. The Morgan fingerprint density at radius 2 is 2.00 bits per heavy atom. The Hall–Kier alpha value is -1.62. The average Bonchev–Trinajstić information content (AvgIpc) is 2.47. The molecule has 112 valence electrons. The van der Waals surface area contributed by atoms with Gasteiger partial charge >= 0.3 is 0 Å². The van der Waals surface area contributed by atoms with Crippen molar-refractivity contribution < 1.29 is 14.0 Å². The third-order valence-corrected chi connectivity index (χ3v) is 4.53. The van der Waals surface area contributed by atoms with E-state index in [1.165, 1.54) is 17.0 Å². The van der Waals surface area contributed by atoms with Crippen LogP contribution in [-0.4, -0.2) is 35.3 Å². The number of benzene rings is 1. The van der Waals surface area contributed by atoms with Gasteiger partial charge in [0.1, 0.15) is 17.9 Å². The van der Waals surface area contributed by atoms with Gasteiger partial charge in [-0.2, -0.15) is 0 Å². The van der Waals surface area contributed by atoms with Crippen LogP contribution in [0.25, 0.3) is 0 Å². The molecule has 4 nitrogen and oxygen atoms in total. The van der Waals surface area contributed by atoms with E-state index in [0.29, 0.717) is 18.7 Å². The maximum absolute atomic E-state index is 13.2. The number of hydrogen-bond donors (Lipinski definition) is 0. The van der Waals surface area contributed by atoms with Crippen molar-refractivity contribution >= 4 is 29.1 Å². The lowest BCUT2D eigenvalue weighted by Crippen LogP contribution is -2.65. The highest BCUT2D eigenvalue weighted by Crippen LogP contribution is 2.34. The largest absolute Gasteiger partial charge is 0.329 e. The lowest BCUT2D eigenvalue weighted by Gasteiger charge is -2.46. The Balaban J connectivity index is 2.01. The molecule has 1 aromatic carbocycles. The van der Waals surface area contributed by atoms with Crippen molar-refractivity contribution in [1.29, 1.82) is 0 Å². The number of carbonyl (C=O) groups excluding carboxylic acids is 2. The zero-order chi connectivity index (χ0) is 15.1. The number of rotatable bonds is 1. The molecule has 1 aromatic rings. The van der Waals surface area contributed by atoms with E-state index < -0.39 is 17.9 Å². The van der Waals surface area contributed by atoms with E-state index in [2.05, 4.69) is 0 Å². The fourth-order valence-corrected chi connectivity index (χ4v) is 3.42. The van der Waals surface area contributed by atoms with Crippen molar-refractivity contribution in [2.24, 2.45) is 0 Å². The smallest absolute Gasteiger partial charge is 0.250 e. The SMILES string of the molecule is CC1C(=O)N2CCCCC2C(=O)N1c1ccc(F)cc1Cl. The maximum atomic E-state index is 13.2. The Labute approximate surface area is 127 Å². The first-order valence-corrected chi connectivity index (χ1v) is 7.47. The highest BCUT2D eigenvalue weighted by Gasteiger charge is 2.45. The van der Waals surface area contributed by atoms with Crippen molar-refractivity contribution in [2.45, 2.75) is 38.3 Å². The molecule has 2 saturated heterocycles. The van der Waals surface area contributed by atoms with Crippen LogP contribution in [0.5, 0.6) is 0 Å². The molecule has 21 heavy (non-hydrogen) atoms. The van der Waals surface area contributed by atoms with Gasteiger partial charge in [-0.3, -0.25) is 14.5 Å². The standard InChI is InChI=1S/C15H16ClFN2O2/c1-9-14(20)18-7-3-2-4-13(18)15(21)19(9)12-6-5-10(17)8-11(12)16/h5-6,8-9,13H,2-4,7H2,1H3. The minimum atomic E-state index is -0.616. The third kappa shape index (κ3) is 2.29. The van der Waals surface area contributed by atoms with E-state index >= 15 is 0 Å². The van der Waals surface area contributed by atoms with Crippen LogP contribution in [0.4, 0.5) is 10.1 Å². The van der Waals surface area contributed by atoms with Crippen molar-refractivity contribution in [1.82, 2.24) is 4.90 Å². The number of piperazine rings is 1. The van der Waals surface area contributed by atoms with Crippen LogP contribution in [0.2, 0.25) is 5.02 Å². The topological polar surface area (TPSA) is 40.6 Å². The van der Waals surface area contributed by atoms with Crippen LogP contribution < -0.4 is 4.90 Å². The van der Waals surface area contributed by atoms with E-state index in [1.807, 2.05) is 0 Å². The van der Waals surface area contributed by atoms with Crippen LogP contribution in [0.3, 0.4) is 0 Å². The molecule has 2 unspecified atom stereocenters. The predicted molar refractivity (Wildman–Crippen MR) is 77.7 cm³/mol. The molecular formula is C15H16ClFN2O2. The second-order valence-electron chi connectivity index (χ2n) is 5.52. The monoisotopic (exact) mass is 310 g/mol. The van der Waals surface area contributed by atoms with E-state index in [-0.39, 0.29) is 16.8 Å². The molecule has 2 atom stereocenters. The number of fused-ring (bicyclic) bond motifs is 1. The minimum Gasteiger partial charge on any atom is -0.329 e. The summed E-state index contributed by atoms with van der Waals surface area (Å²) < 4.78 is 13.2. The Bertz CT molecular complexity index is 607. The molecule has 2 aliphatic heterocycles. The number of carbonyl (C=O) groups is 2. The lowest BCUT2D eigenvalue weighted by molar-refractivity contribution is -0.147. The first kappa shape index (κ1) is 14.3. The van der Waals surface area contributed by atoms with Crippen LogP contribution >= 0.6 is 11.6 Å². The Morgan fingerprint density at radius 3 is 2.71 bits per heavy atom. The maximum Gasteiger partial charge on any atom is 0.250 e. The summed E-state index contributed by atoms with van der Waals surface area (Å²) >= 11 is 6.06. The van der Waals surface area contributed by atoms with E-state index in [1.54, 1.807) is 11.8 Å². The van der Waals surface area contributed by atoms with E-state index in [9.17, 15) is 14.0 Å². The molecule has 2 heterocycles. The molecule has 0 aliphatic carbocycles. The van der Waals surface area contributed by atoms with Gasteiger partial charge < -0.3 is 4.90 Å². The first-order valence-electron chi connectivity index (χ1n) is 7.09. The minimum absolute atomic E-state index is 0.0697. The van der Waals surface area contributed by atoms with Crippen molar-refractivity contribution in [3.05, 3.63) is 29.0 Å². The molecule has 2 aliphatic rings. The van der Waals surface area contributed by atoms with Crippen molar-refractivity contribution in [3.63, 3.8) is 0 Å². The normalized spacial score (nSPS) is 26.0. The summed E-state index contributed by atoms with van der Waals surface area (Å²) in [4.78, 5) is 28.3. The fraction of sp³-hybridized carbons (Fsp3) is 0.467. The molecular weight excluding hydrogens is 295 g/mol. The van der Waals surface area contributed by atoms with Crippen LogP contribution in [-0.2, 0) is 9.59 Å². The van der Waals surface area contributed by atoms with Crippen LogP contribution in [0.1, 0.15) is 26.2 Å². The van der Waals surface area contributed by atoms with E-state index in [4.69, 9.17) is 11.6 Å². The second-order valence-corrected chi connectivity index (χ2v) is 5.93. The van der Waals surface area contributed by atoms with Gasteiger partial charge in [0.15, 0.2) is 0 Å². The molecule has 0 saturated carbocycles. The number of nitrogens with zero attached hydrogens (tertiary/aromatic N) is 2. The summed E-state index contributed by atoms with van der Waals surface area (Å²) in [5.74, 6) is -0.665. The predicted octanol–water partition coefficient (Wildman–Crippen LogP) is 2.60. The molecule has 0 spiro atoms. The van der Waals surface area contributed by atoms with Gasteiger partial charge in [-0.1, -0.05) is 11.6 Å². The number of hydrogen-bond acceptors (Lipinski definition) is 2. The zero-order valence-electron chi connectivity index (χ0n) is 11.7. The molecule has 0 N–H and O–H groups in total. The summed E-state index contributed by atoms with van der Waals surface area (Å²) in [7, 11) is 0. The quantitative estimate of drug-likeness (QED) is 0.800. The zero-order valence-corrected chi connectivity index (χ0v) is 12.4. The van der Waals surface area contributed by atoms with Crippen LogP contribution in [0, 0.1) is 5.82 Å². The van der Waals surface area contributed by atoms with Crippen LogP contribution in [0.15, 0.2) is 18.2 Å². The van der Waals surface area contributed by atoms with Crippen molar-refractivity contribution in [3.8, 4) is 0 Å². The van der Waals surface area contributed by atoms with Gasteiger partial charge in [0.2, 0.25) is 5.91 Å². The summed E-state index contributed by atoms with van der Waals surface area (Å²) in [6.45, 7) is 2.31. The highest BCUT2D eigenvalue weighted by molar-refractivity contribution is 6.34. The number of piperidine rings is 1. The summed E-state index contributed by atoms with van der Waals surface area (Å²) in [5.41, 5.74) is 0.397. The number of amides is 2. The highest BCUT2D eigenvalue weighted by atomic mass is 35.5. The van der Waals surface area contributed by atoms with Gasteiger partial charge in [-0.05, 0) is 44.4 Å². The molecule has 3 rings (SSSR count). The van der Waals surface area contributed by atoms with Gasteiger partial charge in [0.05, 0.1) is 10.7 Å². The summed E-state index contributed by atoms with van der Waals surface area (Å²) in [6.07, 6.45) is 2.53. The second kappa shape index (κ2) is 5.30. The molecule has 0 aromatic heterocycles. The molecule has 0 bridgehead atoms. The van der Waals surface area contributed by atoms with Crippen molar-refractivity contribution in [2.75, 3.05) is 11.4 Å². The molecule has 2 amide bonds. The molecule has 0 radical (unpaired) electrons. The molecule has 2 fully saturated rings. The summed E-state index contributed by atoms with van der Waals surface area (Å²) in [5, 5.41) is 0.146.